The highest BCUT2D eigenvalue weighted by molar-refractivity contribution is 5.82. The molecule has 15 heavy (non-hydrogen) atoms. The van der Waals surface area contributed by atoms with Crippen LogP contribution in [0.15, 0.2) is 0 Å². The molecule has 1 aliphatic rings. The maximum absolute atomic E-state index is 12.2. The minimum absolute atomic E-state index is 0.00569. The second kappa shape index (κ2) is 4.97. The van der Waals surface area contributed by atoms with Crippen LogP contribution in [0.4, 0.5) is 0 Å². The van der Waals surface area contributed by atoms with Crippen LogP contribution in [0.25, 0.3) is 0 Å². The lowest BCUT2D eigenvalue weighted by Crippen LogP contribution is -2.56. The Kier molecular flexibility index (Phi) is 4.14. The maximum atomic E-state index is 12.2. The number of carbonyl (C=O) groups excluding carboxylic acids is 1. The van der Waals surface area contributed by atoms with E-state index in [2.05, 4.69) is 19.2 Å². The summed E-state index contributed by atoms with van der Waals surface area (Å²) in [6.45, 7) is 11.0. The zero-order valence-electron chi connectivity index (χ0n) is 10.5. The van der Waals surface area contributed by atoms with Crippen LogP contribution >= 0.6 is 0 Å². The fraction of sp³-hybridized carbons (Fsp3) is 0.917. The third-order valence-corrected chi connectivity index (χ3v) is 3.45. The first-order valence-corrected chi connectivity index (χ1v) is 6.05. The molecule has 0 aromatic rings. The molecule has 0 aromatic carbocycles. The van der Waals surface area contributed by atoms with Crippen LogP contribution in [0.1, 0.15) is 40.5 Å². The van der Waals surface area contributed by atoms with Crippen LogP contribution in [0.3, 0.4) is 0 Å². The summed E-state index contributed by atoms with van der Waals surface area (Å²) in [5, 5.41) is 3.37. The van der Waals surface area contributed by atoms with E-state index in [1.54, 1.807) is 0 Å². The average Bonchev–Trinajstić information content (AvgIpc) is 2.18. The largest absolute Gasteiger partial charge is 0.342 e. The van der Waals surface area contributed by atoms with Gasteiger partial charge >= 0.3 is 0 Å². The molecule has 1 unspecified atom stereocenters. The number of carbonyl (C=O) groups is 1. The van der Waals surface area contributed by atoms with Crippen molar-refractivity contribution in [2.45, 2.75) is 46.6 Å². The Balaban J connectivity index is 2.72. The average molecular weight is 212 g/mol. The van der Waals surface area contributed by atoms with Crippen LogP contribution < -0.4 is 5.32 Å². The van der Waals surface area contributed by atoms with Gasteiger partial charge in [0.25, 0.3) is 0 Å². The maximum Gasteiger partial charge on any atom is 0.240 e. The zero-order valence-corrected chi connectivity index (χ0v) is 10.5. The van der Waals surface area contributed by atoms with Gasteiger partial charge in [-0.3, -0.25) is 4.79 Å². The van der Waals surface area contributed by atoms with Gasteiger partial charge in [-0.2, -0.15) is 0 Å². The molecule has 0 radical (unpaired) electrons. The summed E-state index contributed by atoms with van der Waals surface area (Å²) in [7, 11) is 0. The van der Waals surface area contributed by atoms with E-state index in [4.69, 9.17) is 0 Å². The van der Waals surface area contributed by atoms with Crippen molar-refractivity contribution in [3.05, 3.63) is 0 Å². The van der Waals surface area contributed by atoms with Gasteiger partial charge < -0.3 is 10.2 Å². The van der Waals surface area contributed by atoms with Crippen LogP contribution in [0, 0.1) is 5.41 Å². The van der Waals surface area contributed by atoms with Gasteiger partial charge in [0.05, 0.1) is 6.04 Å². The third kappa shape index (κ3) is 2.71. The number of rotatable bonds is 3. The summed E-state index contributed by atoms with van der Waals surface area (Å²) >= 11 is 0. The van der Waals surface area contributed by atoms with Crippen molar-refractivity contribution in [1.29, 1.82) is 0 Å². The molecule has 88 valence electrons. The first kappa shape index (κ1) is 12.5. The molecule has 1 aliphatic heterocycles. The van der Waals surface area contributed by atoms with Crippen molar-refractivity contribution in [3.63, 3.8) is 0 Å². The highest BCUT2D eigenvalue weighted by atomic mass is 16.2. The van der Waals surface area contributed by atoms with Crippen LogP contribution in [-0.2, 0) is 4.79 Å². The van der Waals surface area contributed by atoms with Gasteiger partial charge in [0.1, 0.15) is 0 Å². The molecule has 1 fully saturated rings. The van der Waals surface area contributed by atoms with Gasteiger partial charge in [0.2, 0.25) is 5.91 Å². The summed E-state index contributed by atoms with van der Waals surface area (Å²) in [4.78, 5) is 14.2. The molecule has 0 saturated carbocycles. The van der Waals surface area contributed by atoms with Gasteiger partial charge in [-0.25, -0.2) is 0 Å². The van der Waals surface area contributed by atoms with E-state index < -0.39 is 0 Å². The Morgan fingerprint density at radius 1 is 1.40 bits per heavy atom. The number of nitrogens with zero attached hydrogens (tertiary/aromatic N) is 1. The third-order valence-electron chi connectivity index (χ3n) is 3.45. The van der Waals surface area contributed by atoms with Crippen LogP contribution in [0.2, 0.25) is 0 Å². The lowest BCUT2D eigenvalue weighted by atomic mass is 9.77. The Labute approximate surface area is 93.2 Å². The number of likely N-dealkylation sites (N-methyl/N-ethyl adjacent to an activating group) is 1. The first-order chi connectivity index (χ1) is 7.03. The van der Waals surface area contributed by atoms with Crippen molar-refractivity contribution in [3.8, 4) is 0 Å². The van der Waals surface area contributed by atoms with Gasteiger partial charge in [0, 0.05) is 13.1 Å². The van der Waals surface area contributed by atoms with E-state index in [1.165, 1.54) is 6.42 Å². The molecular formula is C12H24N2O. The number of hydrogen-bond donors (Lipinski definition) is 1. The van der Waals surface area contributed by atoms with Gasteiger partial charge in [-0.05, 0) is 38.6 Å². The number of piperidine rings is 1. The fourth-order valence-electron chi connectivity index (χ4n) is 2.35. The number of nitrogens with one attached hydrogen (secondary N) is 1. The Bertz CT molecular complexity index is 222. The lowest BCUT2D eigenvalue weighted by molar-refractivity contribution is -0.137. The van der Waals surface area contributed by atoms with Crippen LogP contribution in [0.5, 0.6) is 0 Å². The summed E-state index contributed by atoms with van der Waals surface area (Å²) in [5.74, 6) is 0.268. The van der Waals surface area contributed by atoms with Crippen molar-refractivity contribution >= 4 is 5.91 Å². The molecule has 1 amide bonds. The number of amides is 1. The summed E-state index contributed by atoms with van der Waals surface area (Å²) < 4.78 is 0. The second-order valence-electron chi connectivity index (χ2n) is 4.99. The molecule has 1 rings (SSSR count). The summed E-state index contributed by atoms with van der Waals surface area (Å²) in [5.41, 5.74) is 0.0952. The molecule has 3 heteroatoms. The number of hydrogen-bond acceptors (Lipinski definition) is 2. The molecular weight excluding hydrogens is 188 g/mol. The quantitative estimate of drug-likeness (QED) is 0.771. The molecule has 1 atom stereocenters. The van der Waals surface area contributed by atoms with Crippen molar-refractivity contribution in [2.75, 3.05) is 19.6 Å². The minimum Gasteiger partial charge on any atom is -0.342 e. The minimum atomic E-state index is 0.00569. The zero-order chi connectivity index (χ0) is 11.5. The smallest absolute Gasteiger partial charge is 0.240 e. The predicted octanol–water partition coefficient (Wildman–Crippen LogP) is 1.63. The van der Waals surface area contributed by atoms with E-state index in [0.29, 0.717) is 0 Å². The molecule has 1 heterocycles. The molecule has 1 N–H and O–H groups in total. The van der Waals surface area contributed by atoms with Gasteiger partial charge in [-0.15, -0.1) is 0 Å². The SMILES string of the molecule is CCN(CC)C(=O)C1NCCCC1(C)C. The van der Waals surface area contributed by atoms with Gasteiger partial charge in [0.15, 0.2) is 0 Å². The summed E-state index contributed by atoms with van der Waals surface area (Å²) in [6.07, 6.45) is 2.31. The van der Waals surface area contributed by atoms with E-state index >= 15 is 0 Å². The second-order valence-corrected chi connectivity index (χ2v) is 4.99. The van der Waals surface area contributed by atoms with Crippen molar-refractivity contribution < 1.29 is 4.79 Å². The monoisotopic (exact) mass is 212 g/mol. The standard InChI is InChI=1S/C12H24N2O/c1-5-14(6-2)11(15)10-12(3,4)8-7-9-13-10/h10,13H,5-9H2,1-4H3. The highest BCUT2D eigenvalue weighted by Crippen LogP contribution is 2.30. The Morgan fingerprint density at radius 3 is 2.47 bits per heavy atom. The molecule has 0 spiro atoms. The lowest BCUT2D eigenvalue weighted by Gasteiger charge is -2.40. The molecule has 0 aromatic heterocycles. The topological polar surface area (TPSA) is 32.3 Å². The normalized spacial score (nSPS) is 24.9. The Morgan fingerprint density at radius 2 is 2.00 bits per heavy atom. The van der Waals surface area contributed by atoms with Gasteiger partial charge in [-0.1, -0.05) is 13.8 Å². The molecule has 0 aliphatic carbocycles. The van der Waals surface area contributed by atoms with Crippen molar-refractivity contribution in [1.82, 2.24) is 10.2 Å². The molecule has 1 saturated heterocycles. The fourth-order valence-corrected chi connectivity index (χ4v) is 2.35. The Hall–Kier alpha value is -0.570. The predicted molar refractivity (Wildman–Crippen MR) is 62.7 cm³/mol. The first-order valence-electron chi connectivity index (χ1n) is 6.05. The van der Waals surface area contributed by atoms with E-state index in [0.717, 1.165) is 26.1 Å². The van der Waals surface area contributed by atoms with Crippen LogP contribution in [-0.4, -0.2) is 36.5 Å². The molecule has 3 nitrogen and oxygen atoms in total. The summed E-state index contributed by atoms with van der Waals surface area (Å²) in [6, 6.07) is 0.00569. The van der Waals surface area contributed by atoms with E-state index in [1.807, 2.05) is 18.7 Å². The molecule has 0 bridgehead atoms. The highest BCUT2D eigenvalue weighted by Gasteiger charge is 2.38. The van der Waals surface area contributed by atoms with Crippen molar-refractivity contribution in [2.24, 2.45) is 5.41 Å². The van der Waals surface area contributed by atoms with E-state index in [9.17, 15) is 4.79 Å². The van der Waals surface area contributed by atoms with E-state index in [-0.39, 0.29) is 17.4 Å².